The monoisotopic (exact) mass is 397 g/mol. The normalized spacial score (nSPS) is 14.1. The Hall–Kier alpha value is -3.09. The molecule has 2 heterocycles. The summed E-state index contributed by atoms with van der Waals surface area (Å²) in [5, 5.41) is 2.84. The maximum Gasteiger partial charge on any atom is 0.272 e. The zero-order valence-electron chi connectivity index (χ0n) is 16.9. The van der Waals surface area contributed by atoms with Crippen LogP contribution in [0.2, 0.25) is 0 Å². The number of hydrogen-bond donors (Lipinski definition) is 1. The fraction of sp³-hybridized carbons (Fsp3) is 0.409. The number of nitrogens with one attached hydrogen (secondary N) is 1. The molecular weight excluding hydrogens is 370 g/mol. The average Bonchev–Trinajstić information content (AvgIpc) is 3.06. The van der Waals surface area contributed by atoms with Crippen molar-refractivity contribution in [1.82, 2.24) is 15.2 Å². The van der Waals surface area contributed by atoms with E-state index in [9.17, 15) is 9.59 Å². The van der Waals surface area contributed by atoms with Gasteiger partial charge in [-0.15, -0.1) is 0 Å². The van der Waals surface area contributed by atoms with Gasteiger partial charge in [-0.3, -0.25) is 9.59 Å². The van der Waals surface area contributed by atoms with Gasteiger partial charge in [0, 0.05) is 19.6 Å². The van der Waals surface area contributed by atoms with Gasteiger partial charge in [0.15, 0.2) is 11.5 Å². The molecule has 154 valence electrons. The molecule has 2 amide bonds. The van der Waals surface area contributed by atoms with Crippen molar-refractivity contribution in [2.75, 3.05) is 27.3 Å². The lowest BCUT2D eigenvalue weighted by atomic mass is 10.2. The third-order valence-corrected chi connectivity index (χ3v) is 5.00. The van der Waals surface area contributed by atoms with Crippen LogP contribution in [0, 0.1) is 0 Å². The van der Waals surface area contributed by atoms with Gasteiger partial charge < -0.3 is 19.7 Å². The van der Waals surface area contributed by atoms with Crippen molar-refractivity contribution in [3.63, 3.8) is 0 Å². The molecule has 0 unspecified atom stereocenters. The second kappa shape index (κ2) is 9.91. The molecule has 0 bridgehead atoms. The molecule has 0 atom stereocenters. The second-order valence-electron chi connectivity index (χ2n) is 6.99. The number of benzene rings is 1. The number of methoxy groups -OCH3 is 2. The number of rotatable bonds is 6. The highest BCUT2D eigenvalue weighted by Gasteiger charge is 2.19. The van der Waals surface area contributed by atoms with E-state index >= 15 is 0 Å². The van der Waals surface area contributed by atoms with E-state index in [1.54, 1.807) is 38.5 Å². The maximum absolute atomic E-state index is 12.7. The van der Waals surface area contributed by atoms with Crippen molar-refractivity contribution in [2.45, 2.75) is 32.2 Å². The number of pyridine rings is 1. The Morgan fingerprint density at radius 1 is 0.966 bits per heavy atom. The number of nitrogens with zero attached hydrogens (tertiary/aromatic N) is 2. The molecule has 1 aliphatic heterocycles. The van der Waals surface area contributed by atoms with Crippen molar-refractivity contribution in [1.29, 1.82) is 0 Å². The fourth-order valence-electron chi connectivity index (χ4n) is 3.38. The summed E-state index contributed by atoms with van der Waals surface area (Å²) < 4.78 is 10.5. The van der Waals surface area contributed by atoms with Crippen LogP contribution in [-0.2, 0) is 6.54 Å². The Kier molecular flexibility index (Phi) is 7.05. The Morgan fingerprint density at radius 3 is 2.34 bits per heavy atom. The van der Waals surface area contributed by atoms with Gasteiger partial charge in [-0.05, 0) is 42.7 Å². The summed E-state index contributed by atoms with van der Waals surface area (Å²) in [5.41, 5.74) is 1.41. The maximum atomic E-state index is 12.7. The molecule has 1 aliphatic rings. The smallest absolute Gasteiger partial charge is 0.272 e. The van der Waals surface area contributed by atoms with Crippen LogP contribution in [0.3, 0.4) is 0 Å². The SMILES string of the molecule is COc1ccc(CNC(=O)c2cccc(C(=O)N3CCCCCC3)n2)cc1OC. The summed E-state index contributed by atoms with van der Waals surface area (Å²) in [7, 11) is 3.14. The highest BCUT2D eigenvalue weighted by Crippen LogP contribution is 2.27. The van der Waals surface area contributed by atoms with E-state index in [0.717, 1.165) is 44.3 Å². The lowest BCUT2D eigenvalue weighted by Gasteiger charge is -2.19. The minimum absolute atomic E-state index is 0.110. The van der Waals surface area contributed by atoms with E-state index < -0.39 is 0 Å². The zero-order chi connectivity index (χ0) is 20.6. The first kappa shape index (κ1) is 20.6. The fourth-order valence-corrected chi connectivity index (χ4v) is 3.38. The van der Waals surface area contributed by atoms with Crippen LogP contribution < -0.4 is 14.8 Å². The standard InChI is InChI=1S/C22H27N3O4/c1-28-19-11-10-16(14-20(19)29-2)15-23-21(26)17-8-7-9-18(24-17)22(27)25-12-5-3-4-6-13-25/h7-11,14H,3-6,12-13,15H2,1-2H3,(H,23,26). The number of likely N-dealkylation sites (tertiary alicyclic amines) is 1. The average molecular weight is 397 g/mol. The molecule has 2 aromatic rings. The van der Waals surface area contributed by atoms with E-state index in [2.05, 4.69) is 10.3 Å². The molecule has 1 N–H and O–H groups in total. The first-order valence-corrected chi connectivity index (χ1v) is 9.88. The van der Waals surface area contributed by atoms with Crippen LogP contribution in [-0.4, -0.2) is 49.0 Å². The van der Waals surface area contributed by atoms with Crippen LogP contribution in [0.1, 0.15) is 52.2 Å². The molecule has 7 heteroatoms. The molecule has 29 heavy (non-hydrogen) atoms. The largest absolute Gasteiger partial charge is 0.493 e. The Balaban J connectivity index is 1.65. The number of carbonyl (C=O) groups is 2. The summed E-state index contributed by atoms with van der Waals surface area (Å²) in [6, 6.07) is 10.4. The van der Waals surface area contributed by atoms with Gasteiger partial charge in [-0.25, -0.2) is 4.98 Å². The van der Waals surface area contributed by atoms with E-state index in [1.165, 1.54) is 0 Å². The molecule has 1 saturated heterocycles. The molecule has 0 radical (unpaired) electrons. The van der Waals surface area contributed by atoms with Gasteiger partial charge in [0.05, 0.1) is 14.2 Å². The van der Waals surface area contributed by atoms with Gasteiger partial charge in [0.25, 0.3) is 11.8 Å². The summed E-state index contributed by atoms with van der Waals surface area (Å²) in [5.74, 6) is 0.790. The molecular formula is C22H27N3O4. The van der Waals surface area contributed by atoms with E-state index in [-0.39, 0.29) is 17.5 Å². The molecule has 0 saturated carbocycles. The van der Waals surface area contributed by atoms with Gasteiger partial charge >= 0.3 is 0 Å². The number of carbonyl (C=O) groups excluding carboxylic acids is 2. The number of amides is 2. The minimum Gasteiger partial charge on any atom is -0.493 e. The molecule has 7 nitrogen and oxygen atoms in total. The summed E-state index contributed by atoms with van der Waals surface area (Å²) >= 11 is 0. The third-order valence-electron chi connectivity index (χ3n) is 5.00. The molecule has 3 rings (SSSR count). The quantitative estimate of drug-likeness (QED) is 0.810. The molecule has 1 aromatic heterocycles. The van der Waals surface area contributed by atoms with E-state index in [1.807, 2.05) is 17.0 Å². The van der Waals surface area contributed by atoms with E-state index in [4.69, 9.17) is 9.47 Å². The van der Waals surface area contributed by atoms with Crippen molar-refractivity contribution in [3.05, 3.63) is 53.3 Å². The number of hydrogen-bond acceptors (Lipinski definition) is 5. The molecule has 0 aliphatic carbocycles. The number of aromatic nitrogens is 1. The first-order chi connectivity index (χ1) is 14.1. The lowest BCUT2D eigenvalue weighted by Crippen LogP contribution is -2.33. The predicted molar refractivity (Wildman–Crippen MR) is 109 cm³/mol. The summed E-state index contributed by atoms with van der Waals surface area (Å²) in [6.45, 7) is 1.80. The van der Waals surface area contributed by atoms with Crippen molar-refractivity contribution in [3.8, 4) is 11.5 Å². The minimum atomic E-state index is -0.328. The summed E-state index contributed by atoms with van der Waals surface area (Å²) in [4.78, 5) is 31.4. The highest BCUT2D eigenvalue weighted by molar-refractivity contribution is 5.96. The Bertz CT molecular complexity index is 861. The van der Waals surface area contributed by atoms with Gasteiger partial charge in [-0.1, -0.05) is 25.0 Å². The van der Waals surface area contributed by atoms with Crippen molar-refractivity contribution >= 4 is 11.8 Å². The Morgan fingerprint density at radius 2 is 1.66 bits per heavy atom. The zero-order valence-corrected chi connectivity index (χ0v) is 16.9. The van der Waals surface area contributed by atoms with Crippen molar-refractivity contribution in [2.24, 2.45) is 0 Å². The van der Waals surface area contributed by atoms with Crippen LogP contribution in [0.15, 0.2) is 36.4 Å². The van der Waals surface area contributed by atoms with Gasteiger partial charge in [-0.2, -0.15) is 0 Å². The van der Waals surface area contributed by atoms with E-state index in [0.29, 0.717) is 23.7 Å². The first-order valence-electron chi connectivity index (χ1n) is 9.88. The van der Waals surface area contributed by atoms with Crippen LogP contribution in [0.4, 0.5) is 0 Å². The predicted octanol–water partition coefficient (Wildman–Crippen LogP) is 3.05. The van der Waals surface area contributed by atoms with Crippen molar-refractivity contribution < 1.29 is 19.1 Å². The number of ether oxygens (including phenoxy) is 2. The van der Waals surface area contributed by atoms with Crippen LogP contribution in [0.25, 0.3) is 0 Å². The third kappa shape index (κ3) is 5.25. The molecule has 1 fully saturated rings. The molecule has 0 spiro atoms. The lowest BCUT2D eigenvalue weighted by molar-refractivity contribution is 0.0755. The topological polar surface area (TPSA) is 80.8 Å². The van der Waals surface area contributed by atoms with Gasteiger partial charge in [0.2, 0.25) is 0 Å². The summed E-state index contributed by atoms with van der Waals surface area (Å²) in [6.07, 6.45) is 4.32. The van der Waals surface area contributed by atoms with Crippen LogP contribution in [0.5, 0.6) is 11.5 Å². The van der Waals surface area contributed by atoms with Gasteiger partial charge in [0.1, 0.15) is 11.4 Å². The highest BCUT2D eigenvalue weighted by atomic mass is 16.5. The second-order valence-corrected chi connectivity index (χ2v) is 6.99. The molecule has 1 aromatic carbocycles. The Labute approximate surface area is 171 Å². The van der Waals surface area contributed by atoms with Crippen LogP contribution >= 0.6 is 0 Å².